The molecule has 1 N–H and O–H groups in total. The summed E-state index contributed by atoms with van der Waals surface area (Å²) in [5.41, 5.74) is 1.39. The van der Waals surface area contributed by atoms with E-state index in [0.717, 1.165) is 24.1 Å². The van der Waals surface area contributed by atoms with Crippen LogP contribution in [0.1, 0.15) is 40.5 Å². The summed E-state index contributed by atoms with van der Waals surface area (Å²) in [7, 11) is 3.43. The minimum absolute atomic E-state index is 0.362. The Morgan fingerprint density at radius 3 is 2.54 bits per heavy atom. The van der Waals surface area contributed by atoms with E-state index in [2.05, 4.69) is 32.3 Å². The fourth-order valence-electron chi connectivity index (χ4n) is 4.51. The standard InChI is InChI=1S/C26H34BFN6O3/c1-25(2)26(3,4)37-27(36-25)18-10-11-20(21(14-18)35-16-19-8-7-13-33(19)5)30-24-31-23(32-34(24)6)17-9-12-22(28)29-15-17/h9-12,14-15,19H,7-8,13,16H2,1-6H3,(H,30,31,32). The highest BCUT2D eigenvalue weighted by Crippen LogP contribution is 2.37. The van der Waals surface area contributed by atoms with Crippen LogP contribution in [0.2, 0.25) is 0 Å². The number of ether oxygens (including phenoxy) is 1. The molecule has 196 valence electrons. The van der Waals surface area contributed by atoms with Gasteiger partial charge in [-0.15, -0.1) is 5.10 Å². The predicted octanol–water partition coefficient (Wildman–Crippen LogP) is 3.53. The van der Waals surface area contributed by atoms with Crippen LogP contribution >= 0.6 is 0 Å². The molecule has 2 aliphatic rings. The molecule has 0 aliphatic carbocycles. The number of nitrogens with zero attached hydrogens (tertiary/aromatic N) is 5. The van der Waals surface area contributed by atoms with E-state index in [1.165, 1.54) is 18.7 Å². The number of pyridine rings is 1. The topological polar surface area (TPSA) is 86.6 Å². The van der Waals surface area contributed by atoms with Gasteiger partial charge in [0.25, 0.3) is 0 Å². The summed E-state index contributed by atoms with van der Waals surface area (Å²) in [6.07, 6.45) is 3.69. The number of hydrogen-bond acceptors (Lipinski definition) is 8. The van der Waals surface area contributed by atoms with Gasteiger partial charge in [-0.3, -0.25) is 0 Å². The first-order chi connectivity index (χ1) is 17.5. The molecule has 2 fully saturated rings. The second-order valence-corrected chi connectivity index (χ2v) is 10.8. The number of aromatic nitrogens is 4. The molecule has 2 aromatic heterocycles. The van der Waals surface area contributed by atoms with E-state index in [1.54, 1.807) is 17.8 Å². The molecule has 0 spiro atoms. The number of nitrogens with one attached hydrogen (secondary N) is 1. The number of likely N-dealkylation sites (tertiary alicyclic amines) is 1. The Hall–Kier alpha value is -3.02. The van der Waals surface area contributed by atoms with Crippen LogP contribution in [0.3, 0.4) is 0 Å². The average Bonchev–Trinajstić information content (AvgIpc) is 3.48. The molecular weight excluding hydrogens is 474 g/mol. The summed E-state index contributed by atoms with van der Waals surface area (Å²) >= 11 is 0. The first-order valence-corrected chi connectivity index (χ1v) is 12.6. The van der Waals surface area contributed by atoms with Gasteiger partial charge in [-0.2, -0.15) is 9.37 Å². The Morgan fingerprint density at radius 1 is 1.14 bits per heavy atom. The normalized spacial score (nSPS) is 20.9. The lowest BCUT2D eigenvalue weighted by Crippen LogP contribution is -2.41. The lowest BCUT2D eigenvalue weighted by Gasteiger charge is -2.32. The van der Waals surface area contributed by atoms with Crippen LogP contribution in [0, 0.1) is 5.95 Å². The molecule has 4 heterocycles. The van der Waals surface area contributed by atoms with Crippen molar-refractivity contribution in [1.29, 1.82) is 0 Å². The minimum Gasteiger partial charge on any atom is -0.490 e. The van der Waals surface area contributed by atoms with Gasteiger partial charge in [0.05, 0.1) is 16.9 Å². The monoisotopic (exact) mass is 508 g/mol. The Kier molecular flexibility index (Phi) is 6.72. The maximum atomic E-state index is 13.3. The van der Waals surface area contributed by atoms with E-state index >= 15 is 0 Å². The van der Waals surface area contributed by atoms with Gasteiger partial charge in [-0.1, -0.05) is 6.07 Å². The zero-order valence-corrected chi connectivity index (χ0v) is 22.3. The van der Waals surface area contributed by atoms with Gasteiger partial charge in [0.15, 0.2) is 5.82 Å². The molecule has 5 rings (SSSR count). The number of anilines is 2. The Balaban J connectivity index is 1.42. The van der Waals surface area contributed by atoms with E-state index in [-0.39, 0.29) is 0 Å². The fraction of sp³-hybridized carbons (Fsp3) is 0.500. The maximum Gasteiger partial charge on any atom is 0.494 e. The van der Waals surface area contributed by atoms with Crippen molar-refractivity contribution >= 4 is 24.2 Å². The Labute approximate surface area is 217 Å². The van der Waals surface area contributed by atoms with Crippen molar-refractivity contribution in [3.63, 3.8) is 0 Å². The molecule has 1 atom stereocenters. The molecule has 0 saturated carbocycles. The van der Waals surface area contributed by atoms with Gasteiger partial charge in [0.2, 0.25) is 11.9 Å². The average molecular weight is 508 g/mol. The zero-order chi connectivity index (χ0) is 26.4. The van der Waals surface area contributed by atoms with Gasteiger partial charge in [-0.05, 0) is 83.9 Å². The molecule has 37 heavy (non-hydrogen) atoms. The highest BCUT2D eigenvalue weighted by Gasteiger charge is 2.51. The lowest BCUT2D eigenvalue weighted by molar-refractivity contribution is 0.00578. The molecule has 2 saturated heterocycles. The van der Waals surface area contributed by atoms with Crippen LogP contribution in [0.15, 0.2) is 36.5 Å². The van der Waals surface area contributed by atoms with Crippen molar-refractivity contribution < 1.29 is 18.4 Å². The first kappa shape index (κ1) is 25.6. The third-order valence-corrected chi connectivity index (χ3v) is 7.63. The van der Waals surface area contributed by atoms with Gasteiger partial charge in [-0.25, -0.2) is 9.67 Å². The van der Waals surface area contributed by atoms with Gasteiger partial charge >= 0.3 is 7.12 Å². The van der Waals surface area contributed by atoms with Crippen LogP contribution in [-0.4, -0.2) is 69.2 Å². The van der Waals surface area contributed by atoms with Crippen LogP contribution in [-0.2, 0) is 16.4 Å². The smallest absolute Gasteiger partial charge is 0.490 e. The van der Waals surface area contributed by atoms with Gasteiger partial charge < -0.3 is 24.3 Å². The number of likely N-dealkylation sites (N-methyl/N-ethyl adjacent to an activating group) is 1. The Bertz CT molecular complexity index is 1250. The minimum atomic E-state index is -0.546. The quantitative estimate of drug-likeness (QED) is 0.383. The molecule has 11 heteroatoms. The van der Waals surface area contributed by atoms with Crippen LogP contribution in [0.5, 0.6) is 5.75 Å². The van der Waals surface area contributed by atoms with Crippen molar-refractivity contribution in [1.82, 2.24) is 24.6 Å². The van der Waals surface area contributed by atoms with E-state index in [4.69, 9.17) is 14.0 Å². The summed E-state index contributed by atoms with van der Waals surface area (Å²) in [5, 5.41) is 7.81. The third kappa shape index (κ3) is 5.21. The SMILES string of the molecule is CN1CCCC1COc1cc(B2OC(C)(C)C(C)(C)O2)ccc1Nc1nc(-c2ccc(F)nc2)nn1C. The molecule has 1 aromatic carbocycles. The van der Waals surface area contributed by atoms with Crippen molar-refractivity contribution in [3.05, 3.63) is 42.5 Å². The first-order valence-electron chi connectivity index (χ1n) is 12.6. The summed E-state index contributed by atoms with van der Waals surface area (Å²) in [6, 6.07) is 9.15. The lowest BCUT2D eigenvalue weighted by atomic mass is 9.79. The second-order valence-electron chi connectivity index (χ2n) is 10.8. The number of hydrogen-bond donors (Lipinski definition) is 1. The zero-order valence-electron chi connectivity index (χ0n) is 22.3. The molecule has 2 aliphatic heterocycles. The second kappa shape index (κ2) is 9.70. The highest BCUT2D eigenvalue weighted by atomic mass is 19.1. The molecule has 0 bridgehead atoms. The number of rotatable bonds is 7. The number of aryl methyl sites for hydroxylation is 1. The molecule has 0 radical (unpaired) electrons. The molecule has 1 unspecified atom stereocenters. The van der Waals surface area contributed by atoms with Gasteiger partial charge in [0.1, 0.15) is 12.4 Å². The van der Waals surface area contributed by atoms with Crippen molar-refractivity contribution in [2.75, 3.05) is 25.5 Å². The van der Waals surface area contributed by atoms with Crippen molar-refractivity contribution in [3.8, 4) is 17.1 Å². The third-order valence-electron chi connectivity index (χ3n) is 7.63. The van der Waals surface area contributed by atoms with E-state index in [9.17, 15) is 4.39 Å². The maximum absolute atomic E-state index is 13.3. The van der Waals surface area contributed by atoms with Crippen LogP contribution < -0.4 is 15.5 Å². The van der Waals surface area contributed by atoms with Gasteiger partial charge in [0, 0.05) is 24.8 Å². The largest absolute Gasteiger partial charge is 0.494 e. The molecular formula is C26H34BFN6O3. The van der Waals surface area contributed by atoms with Crippen LogP contribution in [0.4, 0.5) is 16.0 Å². The number of benzene rings is 1. The summed E-state index contributed by atoms with van der Waals surface area (Å²) in [5.74, 6) is 1.10. The Morgan fingerprint density at radius 2 is 1.89 bits per heavy atom. The van der Waals surface area contributed by atoms with Crippen molar-refractivity contribution in [2.24, 2.45) is 7.05 Å². The number of halogens is 1. The van der Waals surface area contributed by atoms with E-state index in [0.29, 0.717) is 35.7 Å². The van der Waals surface area contributed by atoms with E-state index < -0.39 is 24.3 Å². The predicted molar refractivity (Wildman–Crippen MR) is 141 cm³/mol. The molecule has 9 nitrogen and oxygen atoms in total. The highest BCUT2D eigenvalue weighted by molar-refractivity contribution is 6.62. The van der Waals surface area contributed by atoms with E-state index in [1.807, 2.05) is 45.9 Å². The van der Waals surface area contributed by atoms with Crippen LogP contribution in [0.25, 0.3) is 11.4 Å². The summed E-state index contributed by atoms with van der Waals surface area (Å²) in [6.45, 7) is 9.81. The fourth-order valence-corrected chi connectivity index (χ4v) is 4.51. The molecule has 0 amide bonds. The summed E-state index contributed by atoms with van der Waals surface area (Å²) in [4.78, 5) is 10.6. The van der Waals surface area contributed by atoms with Crippen molar-refractivity contribution in [2.45, 2.75) is 57.8 Å². The summed E-state index contributed by atoms with van der Waals surface area (Å²) < 4.78 is 33.8. The molecule has 3 aromatic rings.